The highest BCUT2D eigenvalue weighted by Gasteiger charge is 2.27. The van der Waals surface area contributed by atoms with E-state index in [9.17, 15) is 9.59 Å². The number of ether oxygens (including phenoxy) is 1. The highest BCUT2D eigenvalue weighted by Crippen LogP contribution is 2.17. The zero-order valence-electron chi connectivity index (χ0n) is 14.9. The molecule has 0 aromatic carbocycles. The van der Waals surface area contributed by atoms with Gasteiger partial charge in [0.25, 0.3) is 0 Å². The fourth-order valence-electron chi connectivity index (χ4n) is 3.04. The van der Waals surface area contributed by atoms with E-state index in [-0.39, 0.29) is 12.3 Å². The minimum atomic E-state index is -0.907. The van der Waals surface area contributed by atoms with Crippen LogP contribution in [0.4, 0.5) is 0 Å². The molecule has 0 spiro atoms. The van der Waals surface area contributed by atoms with Crippen molar-refractivity contribution in [3.63, 3.8) is 0 Å². The number of carbonyl (C=O) groups is 2. The molecule has 1 saturated heterocycles. The van der Waals surface area contributed by atoms with E-state index in [1.165, 1.54) is 0 Å². The van der Waals surface area contributed by atoms with E-state index in [0.29, 0.717) is 32.0 Å². The van der Waals surface area contributed by atoms with Crippen LogP contribution in [0.25, 0.3) is 0 Å². The van der Waals surface area contributed by atoms with Gasteiger partial charge in [-0.2, -0.15) is 5.10 Å². The molecule has 7 heteroatoms. The van der Waals surface area contributed by atoms with E-state index in [2.05, 4.69) is 18.9 Å². The highest BCUT2D eigenvalue weighted by molar-refractivity contribution is 5.79. The number of nitrogens with zero attached hydrogens (tertiary/aromatic N) is 3. The topological polar surface area (TPSA) is 84.7 Å². The van der Waals surface area contributed by atoms with Crippen molar-refractivity contribution >= 4 is 11.9 Å². The molecular formula is C17H27N3O4. The van der Waals surface area contributed by atoms with E-state index in [1.54, 1.807) is 4.90 Å². The summed E-state index contributed by atoms with van der Waals surface area (Å²) >= 11 is 0. The maximum absolute atomic E-state index is 12.6. The normalized spacial score (nSPS) is 18.2. The third-order valence-corrected chi connectivity index (χ3v) is 4.29. The van der Waals surface area contributed by atoms with Crippen LogP contribution < -0.4 is 0 Å². The first-order chi connectivity index (χ1) is 11.3. The summed E-state index contributed by atoms with van der Waals surface area (Å²) in [7, 11) is 0. The molecular weight excluding hydrogens is 310 g/mol. The van der Waals surface area contributed by atoms with Gasteiger partial charge >= 0.3 is 5.97 Å². The number of hydrogen-bond donors (Lipinski definition) is 1. The van der Waals surface area contributed by atoms with E-state index in [4.69, 9.17) is 9.84 Å². The zero-order valence-corrected chi connectivity index (χ0v) is 14.9. The van der Waals surface area contributed by atoms with Gasteiger partial charge in [-0.1, -0.05) is 13.8 Å². The molecule has 1 aliphatic heterocycles. The van der Waals surface area contributed by atoms with E-state index in [0.717, 1.165) is 23.5 Å². The molecule has 1 N–H and O–H groups in total. The summed E-state index contributed by atoms with van der Waals surface area (Å²) in [5.41, 5.74) is 2.89. The average molecular weight is 337 g/mol. The van der Waals surface area contributed by atoms with Gasteiger partial charge in [0.15, 0.2) is 0 Å². The minimum Gasteiger partial charge on any atom is -0.481 e. The number of hydrogen-bond acceptors (Lipinski definition) is 4. The first-order valence-corrected chi connectivity index (χ1v) is 8.42. The number of aliphatic carboxylic acids is 1. The quantitative estimate of drug-likeness (QED) is 0.848. The molecule has 2 rings (SSSR count). The second-order valence-corrected chi connectivity index (χ2v) is 6.83. The molecule has 24 heavy (non-hydrogen) atoms. The number of carboxylic acid groups (broad SMARTS) is 1. The molecule has 1 aliphatic rings. The fourth-order valence-corrected chi connectivity index (χ4v) is 3.04. The molecule has 1 atom stereocenters. The Morgan fingerprint density at radius 3 is 2.71 bits per heavy atom. The van der Waals surface area contributed by atoms with Crippen LogP contribution in [0.5, 0.6) is 0 Å². The maximum Gasteiger partial charge on any atom is 0.306 e. The number of morpholine rings is 1. The summed E-state index contributed by atoms with van der Waals surface area (Å²) in [4.78, 5) is 25.1. The Morgan fingerprint density at radius 1 is 1.38 bits per heavy atom. The number of aryl methyl sites for hydroxylation is 1. The number of aromatic nitrogens is 2. The number of carboxylic acids is 1. The van der Waals surface area contributed by atoms with Crippen LogP contribution in [0.3, 0.4) is 0 Å². The molecule has 0 saturated carbocycles. The van der Waals surface area contributed by atoms with Crippen LogP contribution in [0.2, 0.25) is 0 Å². The Kier molecular flexibility index (Phi) is 5.99. The van der Waals surface area contributed by atoms with Gasteiger partial charge in [-0.25, -0.2) is 0 Å². The standard InChI is InChI=1S/C17H27N3O4/c1-11(2)9-20-13(4)15(12(3)18-20)8-16(21)19-5-6-24-14(10-19)7-17(22)23/h11,14H,5-10H2,1-4H3,(H,22,23). The molecule has 0 radical (unpaired) electrons. The van der Waals surface area contributed by atoms with Crippen LogP contribution in [0.15, 0.2) is 0 Å². The third kappa shape index (κ3) is 4.56. The first-order valence-electron chi connectivity index (χ1n) is 8.42. The molecule has 134 valence electrons. The molecule has 0 bridgehead atoms. The van der Waals surface area contributed by atoms with Crippen LogP contribution in [0.1, 0.15) is 37.2 Å². The molecule has 1 fully saturated rings. The van der Waals surface area contributed by atoms with Crippen molar-refractivity contribution in [2.24, 2.45) is 5.92 Å². The van der Waals surface area contributed by atoms with E-state index >= 15 is 0 Å². The van der Waals surface area contributed by atoms with Gasteiger partial charge in [0, 0.05) is 30.9 Å². The van der Waals surface area contributed by atoms with Gasteiger partial charge in [0.2, 0.25) is 5.91 Å². The SMILES string of the molecule is Cc1nn(CC(C)C)c(C)c1CC(=O)N1CCOC(CC(=O)O)C1. The lowest BCUT2D eigenvalue weighted by molar-refractivity contribution is -0.147. The second-order valence-electron chi connectivity index (χ2n) is 6.83. The van der Waals surface area contributed by atoms with Crippen molar-refractivity contribution in [1.82, 2.24) is 14.7 Å². The average Bonchev–Trinajstić information content (AvgIpc) is 2.73. The monoisotopic (exact) mass is 337 g/mol. The lowest BCUT2D eigenvalue weighted by Gasteiger charge is -2.32. The zero-order chi connectivity index (χ0) is 17.9. The van der Waals surface area contributed by atoms with Gasteiger partial charge in [-0.15, -0.1) is 0 Å². The lowest BCUT2D eigenvalue weighted by atomic mass is 10.1. The molecule has 1 aromatic rings. The smallest absolute Gasteiger partial charge is 0.306 e. The summed E-state index contributed by atoms with van der Waals surface area (Å²) in [6.07, 6.45) is -0.199. The predicted molar refractivity (Wildman–Crippen MR) is 88.8 cm³/mol. The third-order valence-electron chi connectivity index (χ3n) is 4.29. The molecule has 2 heterocycles. The van der Waals surface area contributed by atoms with Crippen molar-refractivity contribution in [1.29, 1.82) is 0 Å². The first kappa shape index (κ1) is 18.4. The van der Waals surface area contributed by atoms with Crippen molar-refractivity contribution in [2.75, 3.05) is 19.7 Å². The van der Waals surface area contributed by atoms with Gasteiger partial charge in [-0.3, -0.25) is 14.3 Å². The maximum atomic E-state index is 12.6. The fraction of sp³-hybridized carbons (Fsp3) is 0.706. The van der Waals surface area contributed by atoms with Crippen LogP contribution in [0, 0.1) is 19.8 Å². The summed E-state index contributed by atoms with van der Waals surface area (Å²) in [5, 5.41) is 13.4. The van der Waals surface area contributed by atoms with E-state index in [1.807, 2.05) is 18.5 Å². The van der Waals surface area contributed by atoms with E-state index < -0.39 is 12.1 Å². The van der Waals surface area contributed by atoms with Gasteiger partial charge in [0.05, 0.1) is 31.2 Å². The Morgan fingerprint density at radius 2 is 2.08 bits per heavy atom. The van der Waals surface area contributed by atoms with Crippen molar-refractivity contribution in [3.8, 4) is 0 Å². The van der Waals surface area contributed by atoms with Crippen LogP contribution in [-0.2, 0) is 27.3 Å². The number of amides is 1. The predicted octanol–water partition coefficient (Wildman–Crippen LogP) is 1.40. The molecule has 0 aliphatic carbocycles. The molecule has 1 aromatic heterocycles. The Bertz CT molecular complexity index is 609. The summed E-state index contributed by atoms with van der Waals surface area (Å²) < 4.78 is 7.39. The van der Waals surface area contributed by atoms with Crippen molar-refractivity contribution in [3.05, 3.63) is 17.0 Å². The van der Waals surface area contributed by atoms with Crippen LogP contribution in [-0.4, -0.2) is 57.5 Å². The van der Waals surface area contributed by atoms with Crippen molar-refractivity contribution in [2.45, 2.75) is 53.2 Å². The minimum absolute atomic E-state index is 0.00369. The highest BCUT2D eigenvalue weighted by atomic mass is 16.5. The number of carbonyl (C=O) groups excluding carboxylic acids is 1. The van der Waals surface area contributed by atoms with Gasteiger partial charge < -0.3 is 14.7 Å². The van der Waals surface area contributed by atoms with Gasteiger partial charge in [-0.05, 0) is 19.8 Å². The lowest BCUT2D eigenvalue weighted by Crippen LogP contribution is -2.46. The Labute approximate surface area is 142 Å². The second kappa shape index (κ2) is 7.79. The molecule has 1 unspecified atom stereocenters. The van der Waals surface area contributed by atoms with Gasteiger partial charge in [0.1, 0.15) is 0 Å². The summed E-state index contributed by atoms with van der Waals surface area (Å²) in [5.74, 6) is -0.414. The number of rotatable bonds is 6. The Balaban J connectivity index is 2.04. The summed E-state index contributed by atoms with van der Waals surface area (Å²) in [6, 6.07) is 0. The van der Waals surface area contributed by atoms with Crippen LogP contribution >= 0.6 is 0 Å². The largest absolute Gasteiger partial charge is 0.481 e. The Hall–Kier alpha value is -1.89. The van der Waals surface area contributed by atoms with Crippen molar-refractivity contribution < 1.29 is 19.4 Å². The molecule has 7 nitrogen and oxygen atoms in total. The molecule has 1 amide bonds. The summed E-state index contributed by atoms with van der Waals surface area (Å²) in [6.45, 7) is 10.3.